The summed E-state index contributed by atoms with van der Waals surface area (Å²) in [5.74, 6) is 1.11. The summed E-state index contributed by atoms with van der Waals surface area (Å²) in [6, 6.07) is 19.6. The number of nitrogens with one attached hydrogen (secondary N) is 1. The average molecular weight is 598 g/mol. The van der Waals surface area contributed by atoms with Gasteiger partial charge in [-0.3, -0.25) is 14.5 Å². The Kier molecular flexibility index (Phi) is 9.02. The molecule has 0 spiro atoms. The fourth-order valence-electron chi connectivity index (χ4n) is 6.37. The summed E-state index contributed by atoms with van der Waals surface area (Å²) in [5, 5.41) is 25.9. The largest absolute Gasteiger partial charge is 0.508 e. The van der Waals surface area contributed by atoms with E-state index in [4.69, 9.17) is 4.42 Å². The number of carbonyl (C=O) groups is 2. The normalized spacial score (nSPS) is 17.0. The highest BCUT2D eigenvalue weighted by molar-refractivity contribution is 5.89. The monoisotopic (exact) mass is 597 g/mol. The Morgan fingerprint density at radius 2 is 1.73 bits per heavy atom. The number of likely N-dealkylation sites (tertiary alicyclic amines) is 1. The number of piperidine rings is 1. The van der Waals surface area contributed by atoms with Gasteiger partial charge in [-0.2, -0.15) is 4.80 Å². The Bertz CT molecular complexity index is 1540. The average Bonchev–Trinajstić information content (AvgIpc) is 3.81. The van der Waals surface area contributed by atoms with Gasteiger partial charge in [-0.1, -0.05) is 55.3 Å². The molecule has 2 aliphatic rings. The van der Waals surface area contributed by atoms with Crippen molar-refractivity contribution in [2.75, 3.05) is 13.1 Å². The molecule has 44 heavy (non-hydrogen) atoms. The number of furan rings is 1. The van der Waals surface area contributed by atoms with Gasteiger partial charge in [-0.15, -0.1) is 10.2 Å². The van der Waals surface area contributed by atoms with Crippen molar-refractivity contribution in [3.05, 3.63) is 83.6 Å². The molecule has 6 rings (SSSR count). The number of tetrazole rings is 1. The zero-order valence-corrected chi connectivity index (χ0v) is 25.0. The molecule has 2 aromatic heterocycles. The molecule has 230 valence electrons. The summed E-state index contributed by atoms with van der Waals surface area (Å²) in [7, 11) is 0. The first-order valence-electron chi connectivity index (χ1n) is 15.4. The van der Waals surface area contributed by atoms with Gasteiger partial charge >= 0.3 is 0 Å². The van der Waals surface area contributed by atoms with E-state index in [0.29, 0.717) is 30.0 Å². The van der Waals surface area contributed by atoms with E-state index in [9.17, 15) is 14.7 Å². The third-order valence-electron chi connectivity index (χ3n) is 8.61. The Labute approximate surface area is 256 Å². The van der Waals surface area contributed by atoms with Crippen LogP contribution in [0.25, 0.3) is 11.6 Å². The van der Waals surface area contributed by atoms with E-state index in [-0.39, 0.29) is 36.2 Å². The molecular formula is C33H39N7O4. The lowest BCUT2D eigenvalue weighted by Gasteiger charge is -2.42. The van der Waals surface area contributed by atoms with Gasteiger partial charge in [0.05, 0.1) is 0 Å². The molecular weight excluding hydrogens is 558 g/mol. The molecule has 0 radical (unpaired) electrons. The molecule has 2 fully saturated rings. The number of phenols is 1. The van der Waals surface area contributed by atoms with Gasteiger partial charge < -0.3 is 19.7 Å². The standard InChI is InChI=1S/C33H39N7O4/c1-23-11-16-29(44-23)32-35-37-39(36-32)22-30(42)40(27-17-19-38(20-18-27)21-24-7-3-2-4-8-24)31(25-12-14-28(41)15-13-25)33(43)34-26-9-5-6-10-26/h2-4,7-8,11-16,26-27,31,41H,5-6,9-10,17-22H2,1H3,(H,34,43)/t31-/m0/s1. The van der Waals surface area contributed by atoms with Crippen LogP contribution in [-0.2, 0) is 22.7 Å². The minimum absolute atomic E-state index is 0.0862. The van der Waals surface area contributed by atoms with Gasteiger partial charge in [0.25, 0.3) is 0 Å². The first-order valence-corrected chi connectivity index (χ1v) is 15.4. The van der Waals surface area contributed by atoms with E-state index in [1.807, 2.05) is 31.2 Å². The van der Waals surface area contributed by atoms with Crippen LogP contribution >= 0.6 is 0 Å². The first kappa shape index (κ1) is 29.6. The molecule has 0 bridgehead atoms. The molecule has 11 heteroatoms. The van der Waals surface area contributed by atoms with Crippen molar-refractivity contribution >= 4 is 11.8 Å². The molecule has 1 aliphatic carbocycles. The van der Waals surface area contributed by atoms with Crippen LogP contribution in [0.3, 0.4) is 0 Å². The lowest BCUT2D eigenvalue weighted by atomic mass is 9.96. The van der Waals surface area contributed by atoms with E-state index < -0.39 is 6.04 Å². The van der Waals surface area contributed by atoms with Gasteiger partial charge in [0, 0.05) is 31.7 Å². The molecule has 2 aromatic carbocycles. The topological polar surface area (TPSA) is 130 Å². The number of aromatic nitrogens is 4. The van der Waals surface area contributed by atoms with E-state index in [1.54, 1.807) is 35.2 Å². The SMILES string of the molecule is Cc1ccc(-c2nnn(CC(=O)N(C3CCN(Cc4ccccc4)CC3)[C@H](C(=O)NC3CCCC3)c3ccc(O)cc3)n2)o1. The summed E-state index contributed by atoms with van der Waals surface area (Å²) in [5.41, 5.74) is 1.90. The summed E-state index contributed by atoms with van der Waals surface area (Å²) < 4.78 is 5.63. The first-order chi connectivity index (χ1) is 21.4. The minimum Gasteiger partial charge on any atom is -0.508 e. The van der Waals surface area contributed by atoms with Crippen LogP contribution in [0.15, 0.2) is 71.1 Å². The van der Waals surface area contributed by atoms with Gasteiger partial charge in [-0.25, -0.2) is 0 Å². The highest BCUT2D eigenvalue weighted by atomic mass is 16.3. The predicted molar refractivity (Wildman–Crippen MR) is 163 cm³/mol. The van der Waals surface area contributed by atoms with Crippen LogP contribution in [-0.4, -0.2) is 72.1 Å². The molecule has 1 aliphatic heterocycles. The fraction of sp³-hybridized carbons (Fsp3) is 0.424. The zero-order valence-electron chi connectivity index (χ0n) is 25.0. The summed E-state index contributed by atoms with van der Waals surface area (Å²) in [6.07, 6.45) is 5.44. The zero-order chi connectivity index (χ0) is 30.5. The van der Waals surface area contributed by atoms with Crippen LogP contribution in [0.1, 0.15) is 61.5 Å². The number of rotatable bonds is 10. The number of aromatic hydroxyl groups is 1. The minimum atomic E-state index is -0.870. The highest BCUT2D eigenvalue weighted by Crippen LogP contribution is 2.31. The fourth-order valence-corrected chi connectivity index (χ4v) is 6.37. The molecule has 1 saturated carbocycles. The number of hydrogen-bond acceptors (Lipinski definition) is 8. The Balaban J connectivity index is 1.27. The van der Waals surface area contributed by atoms with E-state index in [1.165, 1.54) is 10.4 Å². The van der Waals surface area contributed by atoms with Crippen molar-refractivity contribution < 1.29 is 19.1 Å². The van der Waals surface area contributed by atoms with Crippen LogP contribution in [0.4, 0.5) is 0 Å². The third kappa shape index (κ3) is 6.99. The van der Waals surface area contributed by atoms with Crippen LogP contribution in [0, 0.1) is 6.92 Å². The maximum absolute atomic E-state index is 14.3. The number of amides is 2. The van der Waals surface area contributed by atoms with Gasteiger partial charge in [0.2, 0.25) is 17.6 Å². The molecule has 0 unspecified atom stereocenters. The highest BCUT2D eigenvalue weighted by Gasteiger charge is 2.39. The van der Waals surface area contributed by atoms with E-state index >= 15 is 0 Å². The summed E-state index contributed by atoms with van der Waals surface area (Å²) >= 11 is 0. The number of phenolic OH excluding ortho intramolecular Hbond substituents is 1. The molecule has 2 N–H and O–H groups in total. The molecule has 3 heterocycles. The second-order valence-electron chi connectivity index (χ2n) is 11.8. The van der Waals surface area contributed by atoms with E-state index in [2.05, 4.69) is 37.8 Å². The van der Waals surface area contributed by atoms with Gasteiger partial charge in [-0.05, 0) is 73.2 Å². The Hall–Kier alpha value is -4.51. The van der Waals surface area contributed by atoms with Gasteiger partial charge in [0.1, 0.15) is 24.1 Å². The molecule has 2 amide bonds. The van der Waals surface area contributed by atoms with Crippen molar-refractivity contribution in [2.45, 2.75) is 76.7 Å². The second kappa shape index (κ2) is 13.4. The van der Waals surface area contributed by atoms with Crippen molar-refractivity contribution in [3.63, 3.8) is 0 Å². The maximum atomic E-state index is 14.3. The van der Waals surface area contributed by atoms with Crippen molar-refractivity contribution in [1.29, 1.82) is 0 Å². The summed E-state index contributed by atoms with van der Waals surface area (Å²) in [6.45, 7) is 4.07. The van der Waals surface area contributed by atoms with Gasteiger partial charge in [0.15, 0.2) is 5.76 Å². The van der Waals surface area contributed by atoms with Crippen LogP contribution in [0.2, 0.25) is 0 Å². The lowest BCUT2D eigenvalue weighted by molar-refractivity contribution is -0.146. The number of hydrogen-bond donors (Lipinski definition) is 2. The summed E-state index contributed by atoms with van der Waals surface area (Å²) in [4.78, 5) is 33.8. The Morgan fingerprint density at radius 3 is 2.41 bits per heavy atom. The van der Waals surface area contributed by atoms with Crippen LogP contribution < -0.4 is 5.32 Å². The second-order valence-corrected chi connectivity index (χ2v) is 11.8. The predicted octanol–water partition coefficient (Wildman–Crippen LogP) is 4.24. The smallest absolute Gasteiger partial charge is 0.247 e. The lowest BCUT2D eigenvalue weighted by Crippen LogP contribution is -2.54. The number of aryl methyl sites for hydroxylation is 1. The van der Waals surface area contributed by atoms with E-state index in [0.717, 1.165) is 51.1 Å². The number of carbonyl (C=O) groups excluding carboxylic acids is 2. The quantitative estimate of drug-likeness (QED) is 0.278. The maximum Gasteiger partial charge on any atom is 0.247 e. The Morgan fingerprint density at radius 1 is 1.00 bits per heavy atom. The molecule has 4 aromatic rings. The third-order valence-corrected chi connectivity index (χ3v) is 8.61. The van der Waals surface area contributed by atoms with Crippen molar-refractivity contribution in [1.82, 2.24) is 35.3 Å². The molecule has 1 saturated heterocycles. The number of benzene rings is 2. The molecule has 1 atom stereocenters. The van der Waals surface area contributed by atoms with Crippen molar-refractivity contribution in [3.8, 4) is 17.3 Å². The van der Waals surface area contributed by atoms with Crippen molar-refractivity contribution in [2.24, 2.45) is 0 Å². The number of nitrogens with zero attached hydrogens (tertiary/aromatic N) is 6. The van der Waals surface area contributed by atoms with Crippen LogP contribution in [0.5, 0.6) is 5.75 Å². The molecule has 11 nitrogen and oxygen atoms in total.